The third-order valence-corrected chi connectivity index (χ3v) is 17.0. The first-order valence-corrected chi connectivity index (χ1v) is 31.4. The quantitative estimate of drug-likeness (QED) is 0.0295. The first-order chi connectivity index (χ1) is 54.9. The van der Waals surface area contributed by atoms with Crippen molar-refractivity contribution in [3.05, 3.63) is 233 Å². The number of carbonyl (C=O) groups excluding carboxylic acids is 2. The zero-order valence-electron chi connectivity index (χ0n) is 76.6. The maximum Gasteiger partial charge on any atom is 0.416 e. The van der Waals surface area contributed by atoms with Gasteiger partial charge in [0.1, 0.15) is 24.7 Å². The van der Waals surface area contributed by atoms with E-state index in [1.807, 2.05) is 0 Å². The normalized spacial score (nSPS) is 17.8. The van der Waals surface area contributed by atoms with Gasteiger partial charge < -0.3 is 28.7 Å². The summed E-state index contributed by atoms with van der Waals surface area (Å²) in [6, 6.07) is 11.9. The van der Waals surface area contributed by atoms with E-state index in [0.717, 1.165) is 122 Å². The van der Waals surface area contributed by atoms with E-state index in [1.54, 1.807) is 0 Å². The fourth-order valence-electron chi connectivity index (χ4n) is 10.2. The smallest absolute Gasteiger partial charge is 0.336 e. The molecule has 6 aromatic carbocycles. The molecule has 0 spiro atoms. The number of rotatable bonds is 26. The number of carbonyl (C=O) groups is 2. The van der Waals surface area contributed by atoms with Crippen molar-refractivity contribution in [3.63, 3.8) is 0 Å². The summed E-state index contributed by atoms with van der Waals surface area (Å²) in [6.07, 6.45) is -7.57. The lowest BCUT2D eigenvalue weighted by molar-refractivity contribution is -0.138. The molecule has 0 unspecified atom stereocenters. The molecule has 2 amide bonds. The molecular weight excluding hydrogens is 1280 g/mol. The molecule has 12 nitrogen and oxygen atoms in total. The number of aromatic nitrogens is 4. The third-order valence-electron chi connectivity index (χ3n) is 15.3. The Morgan fingerprint density at radius 1 is 0.531 bits per heavy atom. The molecule has 2 aliphatic rings. The second-order valence-electron chi connectivity index (χ2n) is 21.5. The number of amides is 2. The van der Waals surface area contributed by atoms with Crippen molar-refractivity contribution in [2.75, 3.05) is 52.1 Å². The predicted molar refractivity (Wildman–Crippen MR) is 363 cm³/mol. The van der Waals surface area contributed by atoms with E-state index >= 15 is 0 Å². The third kappa shape index (κ3) is 18.8. The molecule has 0 saturated heterocycles. The summed E-state index contributed by atoms with van der Waals surface area (Å²) in [5.74, 6) is -3.67. The van der Waals surface area contributed by atoms with E-state index in [2.05, 4.69) is 9.97 Å². The van der Waals surface area contributed by atoms with Gasteiger partial charge in [-0.2, -0.15) is 36.3 Å². The number of hydrogen-bond acceptors (Lipinski definition) is 10. The van der Waals surface area contributed by atoms with E-state index in [9.17, 15) is 59.8 Å². The Labute approximate surface area is 597 Å². The van der Waals surface area contributed by atoms with Gasteiger partial charge in [0.15, 0.2) is 10.3 Å². The molecule has 0 radical (unpaired) electrons. The van der Waals surface area contributed by atoms with Crippen molar-refractivity contribution < 1.29 is 77.6 Å². The minimum absolute atomic E-state index is 0.00726. The van der Waals surface area contributed by atoms with Crippen LogP contribution in [0.25, 0.3) is 22.3 Å². The van der Waals surface area contributed by atoms with Crippen LogP contribution in [0.4, 0.5) is 35.1 Å². The average Bonchev–Trinajstić information content (AvgIpc) is 0.904. The highest BCUT2D eigenvalue weighted by atomic mass is 32.2. The van der Waals surface area contributed by atoms with Crippen LogP contribution in [0.5, 0.6) is 0 Å². The summed E-state index contributed by atoms with van der Waals surface area (Å²) in [5, 5.41) is -0.635. The minimum Gasteiger partial charge on any atom is -0.336 e. The Kier molecular flexibility index (Phi) is 15.9. The molecule has 96 heavy (non-hydrogen) atoms. The fraction of sp³-hybridized carbons (Fsp3) is 0.378. The number of nitrogens with zero attached hydrogens (tertiary/aromatic N) is 8. The molecule has 0 N–H and O–H groups in total. The van der Waals surface area contributed by atoms with Gasteiger partial charge in [0.05, 0.1) is 24.8 Å². The van der Waals surface area contributed by atoms with Gasteiger partial charge in [-0.25, -0.2) is 8.78 Å². The summed E-state index contributed by atoms with van der Waals surface area (Å²) in [5.41, 5.74) is -9.21. The molecular formula is C74H80F8N8O4S2. The topological polar surface area (TPSA) is 117 Å². The van der Waals surface area contributed by atoms with Crippen LogP contribution in [-0.2, 0) is 85.2 Å². The Bertz CT molecular complexity index is 5250. The van der Waals surface area contributed by atoms with Crippen LogP contribution in [0, 0.1) is 25.5 Å². The van der Waals surface area contributed by atoms with E-state index < -0.39 is 189 Å². The molecule has 22 heteroatoms. The monoisotopic (exact) mass is 1380 g/mol. The number of likely N-dealkylation sites (N-methyl/N-ethyl adjacent to an activating group) is 2. The van der Waals surface area contributed by atoms with E-state index in [0.29, 0.717) is 47.0 Å². The molecule has 0 fully saturated rings. The number of fused-ring (bicyclic) bond motifs is 2. The number of alkyl halides is 6. The molecule has 2 heterocycles. The Hall–Kier alpha value is -7.92. The molecule has 2 aliphatic carbocycles. The highest BCUT2D eigenvalue weighted by Gasteiger charge is 2.32. The van der Waals surface area contributed by atoms with Gasteiger partial charge in [-0.3, -0.25) is 19.2 Å². The summed E-state index contributed by atoms with van der Waals surface area (Å²) in [7, 11) is 0. The molecule has 2 aromatic heterocycles. The van der Waals surface area contributed by atoms with Gasteiger partial charge in [0.2, 0.25) is 11.8 Å². The average molecular weight is 1390 g/mol. The van der Waals surface area contributed by atoms with Crippen LogP contribution in [0.15, 0.2) is 153 Å². The maximum atomic E-state index is 14.8. The first kappa shape index (κ1) is 46.3. The zero-order chi connectivity index (χ0) is 90.2. The van der Waals surface area contributed by atoms with Crippen LogP contribution in [0.1, 0.15) is 140 Å². The van der Waals surface area contributed by atoms with Gasteiger partial charge in [-0.05, 0) is 183 Å². The molecule has 0 aliphatic heterocycles. The van der Waals surface area contributed by atoms with Gasteiger partial charge in [0, 0.05) is 92.2 Å². The molecule has 8 aromatic rings. The largest absolute Gasteiger partial charge is 0.416 e. The van der Waals surface area contributed by atoms with E-state index in [1.165, 1.54) is 30.5 Å². The number of hydrogen-bond donors (Lipinski definition) is 0. The van der Waals surface area contributed by atoms with Crippen molar-refractivity contribution in [1.29, 1.82) is 0 Å². The highest BCUT2D eigenvalue weighted by molar-refractivity contribution is 7.98. The predicted octanol–water partition coefficient (Wildman–Crippen LogP) is 15.1. The van der Waals surface area contributed by atoms with Crippen molar-refractivity contribution >= 4 is 35.3 Å². The van der Waals surface area contributed by atoms with Gasteiger partial charge >= 0.3 is 12.4 Å². The van der Waals surface area contributed by atoms with E-state index in [-0.39, 0.29) is 113 Å². The van der Waals surface area contributed by atoms with Crippen molar-refractivity contribution in [2.45, 2.75) is 140 Å². The highest BCUT2D eigenvalue weighted by Crippen LogP contribution is 2.35. The number of thioether (sulfide) groups is 2. The number of benzene rings is 6. The van der Waals surface area contributed by atoms with Crippen molar-refractivity contribution in [1.82, 2.24) is 38.7 Å². The Balaban J connectivity index is 0.000000273. The first-order valence-electron chi connectivity index (χ1n) is 41.8. The fourth-order valence-corrected chi connectivity index (χ4v) is 11.7. The summed E-state index contributed by atoms with van der Waals surface area (Å²) >= 11 is 0.833. The minimum atomic E-state index is -4.70. The summed E-state index contributed by atoms with van der Waals surface area (Å²) in [6.45, 7) is -19.1. The Morgan fingerprint density at radius 3 is 1.38 bits per heavy atom. The van der Waals surface area contributed by atoms with Gasteiger partial charge in [-0.15, -0.1) is 0 Å². The lowest BCUT2D eigenvalue weighted by atomic mass is 9.98. The molecule has 0 bridgehead atoms. The van der Waals surface area contributed by atoms with Crippen LogP contribution < -0.4 is 11.1 Å². The molecule has 0 saturated carbocycles. The van der Waals surface area contributed by atoms with Gasteiger partial charge in [0.25, 0.3) is 11.1 Å². The van der Waals surface area contributed by atoms with Gasteiger partial charge in [-0.1, -0.05) is 136 Å². The van der Waals surface area contributed by atoms with Crippen LogP contribution in [-0.4, -0.2) is 103 Å². The SMILES string of the molecule is [2H]c1c([2H])c(-c2ccc(C(F)(F)F)cc2)c([2H])c(C)c1CN(C(=O)Cn1c(SC([2H])([2H])c2ccc(F)cc2)nc(=O)c2c1CCC2)C([2H])([2H])C([2H])([2H])N(C([2H])([2H])C)C([2H])([2H])C.[2H]c1c([2H])c(C([2H])([2H])N(CCN(C([2H])([2H])C)C([2H])([2H])C)C(=O)Cn2c(SC([2H])([2H])c3ccc(F)cc3)nc(=O)c3c2CCC3)c(C)c([2H])c1-c1ccc(C(F)(F)F)cc1. The second kappa shape index (κ2) is 32.9. The van der Waals surface area contributed by atoms with Crippen LogP contribution in [0.3, 0.4) is 0 Å². The Morgan fingerprint density at radius 2 is 0.948 bits per heavy atom. The van der Waals surface area contributed by atoms with E-state index in [4.69, 9.17) is 27.4 Å². The molecule has 10 rings (SSSR count). The summed E-state index contributed by atoms with van der Waals surface area (Å²) in [4.78, 5) is 65.6. The number of halogens is 8. The van der Waals surface area contributed by atoms with Crippen molar-refractivity contribution in [2.24, 2.45) is 0 Å². The maximum absolute atomic E-state index is 14.8. The standard InChI is InChI=1S/2C37H40F4N4O2S/c2*1-4-43(5-2)19-20-44(22-29-12-11-28(21-25(29)3)27-13-15-30(16-14-27)37(39,40)41)34(46)23-45-33-8-6-7-32(33)35(47)42-36(45)48-24-26-9-17-31(38)18-10-26/h2*9-18,21H,4-8,19-20,22-24H2,1-3H3/i4D2,5D2,11D,12D,19D2,20D2,21D,24D2;4D2,5D2,11D,12D,21D,22D2,24D2. The van der Waals surface area contributed by atoms with Crippen molar-refractivity contribution in [3.8, 4) is 22.3 Å². The second-order valence-corrected chi connectivity index (χ2v) is 23.1. The lowest BCUT2D eigenvalue weighted by Gasteiger charge is -2.28. The zero-order valence-corrected chi connectivity index (χ0v) is 54.2. The molecule has 0 atom stereocenters. The van der Waals surface area contributed by atoms with Crippen LogP contribution in [0.2, 0.25) is 0 Å². The summed E-state index contributed by atoms with van der Waals surface area (Å²) < 4.78 is 320. The molecule has 508 valence electrons. The van der Waals surface area contributed by atoms with Crippen LogP contribution >= 0.6 is 23.5 Å². The lowest BCUT2D eigenvalue weighted by Crippen LogP contribution is -2.40.